The third kappa shape index (κ3) is 4.88. The van der Waals surface area contributed by atoms with Crippen molar-refractivity contribution in [1.82, 2.24) is 9.71 Å². The molecule has 0 amide bonds. The second kappa shape index (κ2) is 6.97. The molecule has 0 aliphatic rings. The standard InChI is InChI=1S/C11H19N3O3S2/c1-9(18(3)15)4-7-14-19(16,17)10-5-6-13-11(8-10)12-2/h5-6,8-9,14H,4,7H2,1-3H3,(H,12,13). The van der Waals surface area contributed by atoms with E-state index in [1.165, 1.54) is 18.3 Å². The molecule has 0 radical (unpaired) electrons. The molecule has 0 aliphatic carbocycles. The first-order chi connectivity index (χ1) is 8.86. The Bertz CT molecular complexity index is 546. The summed E-state index contributed by atoms with van der Waals surface area (Å²) in [5.41, 5.74) is 0. The van der Waals surface area contributed by atoms with Crippen molar-refractivity contribution in [3.05, 3.63) is 18.3 Å². The molecule has 19 heavy (non-hydrogen) atoms. The van der Waals surface area contributed by atoms with Crippen molar-refractivity contribution in [2.75, 3.05) is 25.2 Å². The quantitative estimate of drug-likeness (QED) is 0.768. The third-order valence-corrected chi connectivity index (χ3v) is 5.54. The van der Waals surface area contributed by atoms with Gasteiger partial charge in [0.05, 0.1) is 4.90 Å². The fraction of sp³-hybridized carbons (Fsp3) is 0.545. The second-order valence-corrected chi connectivity index (χ2v) is 7.69. The molecule has 1 heterocycles. The van der Waals surface area contributed by atoms with Crippen LogP contribution in [-0.4, -0.2) is 42.7 Å². The van der Waals surface area contributed by atoms with Gasteiger partial charge in [-0.15, -0.1) is 0 Å². The van der Waals surface area contributed by atoms with Crippen molar-refractivity contribution in [1.29, 1.82) is 0 Å². The van der Waals surface area contributed by atoms with Crippen LogP contribution in [0.25, 0.3) is 0 Å². The van der Waals surface area contributed by atoms with E-state index in [9.17, 15) is 12.6 Å². The first-order valence-corrected chi connectivity index (χ1v) is 8.93. The minimum absolute atomic E-state index is 0.0343. The van der Waals surface area contributed by atoms with Gasteiger partial charge < -0.3 is 5.32 Å². The Morgan fingerprint density at radius 3 is 2.74 bits per heavy atom. The molecule has 1 aromatic rings. The van der Waals surface area contributed by atoms with Gasteiger partial charge in [-0.3, -0.25) is 4.21 Å². The van der Waals surface area contributed by atoms with Gasteiger partial charge in [0.1, 0.15) is 5.82 Å². The molecule has 2 atom stereocenters. The lowest BCUT2D eigenvalue weighted by molar-refractivity contribution is 0.578. The van der Waals surface area contributed by atoms with Gasteiger partial charge in [0.2, 0.25) is 10.0 Å². The van der Waals surface area contributed by atoms with E-state index in [0.29, 0.717) is 12.2 Å². The van der Waals surface area contributed by atoms with Crippen LogP contribution in [0.5, 0.6) is 0 Å². The number of nitrogens with one attached hydrogen (secondary N) is 2. The summed E-state index contributed by atoms with van der Waals surface area (Å²) in [5.74, 6) is 0.492. The van der Waals surface area contributed by atoms with E-state index in [4.69, 9.17) is 0 Å². The lowest BCUT2D eigenvalue weighted by Crippen LogP contribution is -2.27. The summed E-state index contributed by atoms with van der Waals surface area (Å²) in [5, 5.41) is 2.75. The Labute approximate surface area is 116 Å². The average Bonchev–Trinajstić information content (AvgIpc) is 2.38. The van der Waals surface area contributed by atoms with Gasteiger partial charge in [-0.25, -0.2) is 18.1 Å². The SMILES string of the molecule is CNc1cc(S(=O)(=O)NCCC(C)S(C)=O)ccn1. The third-order valence-electron chi connectivity index (χ3n) is 2.71. The minimum Gasteiger partial charge on any atom is -0.373 e. The van der Waals surface area contributed by atoms with E-state index in [-0.39, 0.29) is 16.7 Å². The van der Waals surface area contributed by atoms with E-state index in [1.807, 2.05) is 6.92 Å². The molecule has 0 fully saturated rings. The smallest absolute Gasteiger partial charge is 0.240 e. The molecule has 0 spiro atoms. The summed E-state index contributed by atoms with van der Waals surface area (Å²) < 4.78 is 37.7. The summed E-state index contributed by atoms with van der Waals surface area (Å²) in [6.45, 7) is 2.09. The summed E-state index contributed by atoms with van der Waals surface area (Å²) in [7, 11) is -2.82. The van der Waals surface area contributed by atoms with Gasteiger partial charge in [0.25, 0.3) is 0 Å². The zero-order valence-electron chi connectivity index (χ0n) is 11.2. The zero-order chi connectivity index (χ0) is 14.5. The number of hydrogen-bond acceptors (Lipinski definition) is 5. The summed E-state index contributed by atoms with van der Waals surface area (Å²) >= 11 is 0. The Hall–Kier alpha value is -0.990. The molecule has 108 valence electrons. The van der Waals surface area contributed by atoms with Crippen LogP contribution in [0, 0.1) is 0 Å². The van der Waals surface area contributed by atoms with Crippen molar-refractivity contribution >= 4 is 26.6 Å². The molecule has 8 heteroatoms. The number of anilines is 1. The molecule has 0 saturated carbocycles. The monoisotopic (exact) mass is 305 g/mol. The van der Waals surface area contributed by atoms with Crippen LogP contribution in [0.4, 0.5) is 5.82 Å². The van der Waals surface area contributed by atoms with Crippen LogP contribution in [0.1, 0.15) is 13.3 Å². The van der Waals surface area contributed by atoms with Gasteiger partial charge in [-0.2, -0.15) is 0 Å². The van der Waals surface area contributed by atoms with Gasteiger partial charge in [0.15, 0.2) is 0 Å². The maximum Gasteiger partial charge on any atom is 0.240 e. The van der Waals surface area contributed by atoms with E-state index < -0.39 is 20.8 Å². The number of pyridine rings is 1. The number of rotatable bonds is 7. The molecular weight excluding hydrogens is 286 g/mol. The Kier molecular flexibility index (Phi) is 5.89. The maximum atomic E-state index is 12.0. The molecule has 2 unspecified atom stereocenters. The lowest BCUT2D eigenvalue weighted by atomic mass is 10.3. The van der Waals surface area contributed by atoms with Gasteiger partial charge in [-0.05, 0) is 12.5 Å². The summed E-state index contributed by atoms with van der Waals surface area (Å²) in [6.07, 6.45) is 3.58. The number of hydrogen-bond donors (Lipinski definition) is 2. The van der Waals surface area contributed by atoms with Crippen LogP contribution in [0.2, 0.25) is 0 Å². The molecule has 6 nitrogen and oxygen atoms in total. The number of aromatic nitrogens is 1. The van der Waals surface area contributed by atoms with E-state index in [2.05, 4.69) is 15.0 Å². The Morgan fingerprint density at radius 2 is 2.16 bits per heavy atom. The van der Waals surface area contributed by atoms with E-state index in [0.717, 1.165) is 0 Å². The highest BCUT2D eigenvalue weighted by Crippen LogP contribution is 2.12. The highest BCUT2D eigenvalue weighted by atomic mass is 32.2. The van der Waals surface area contributed by atoms with Gasteiger partial charge in [0, 0.05) is 48.2 Å². The predicted octanol–water partition coefficient (Wildman–Crippen LogP) is 0.559. The normalized spacial score (nSPS) is 14.9. The number of nitrogens with zero attached hydrogens (tertiary/aromatic N) is 1. The van der Waals surface area contributed by atoms with Crippen LogP contribution in [0.3, 0.4) is 0 Å². The molecule has 0 saturated heterocycles. The fourth-order valence-electron chi connectivity index (χ4n) is 1.36. The van der Waals surface area contributed by atoms with Gasteiger partial charge in [-0.1, -0.05) is 6.92 Å². The van der Waals surface area contributed by atoms with Crippen LogP contribution in [-0.2, 0) is 20.8 Å². The van der Waals surface area contributed by atoms with Crippen LogP contribution >= 0.6 is 0 Å². The molecule has 0 bridgehead atoms. The zero-order valence-corrected chi connectivity index (χ0v) is 12.8. The number of sulfonamides is 1. The fourth-order valence-corrected chi connectivity index (χ4v) is 2.87. The van der Waals surface area contributed by atoms with Crippen molar-refractivity contribution in [3.8, 4) is 0 Å². The highest BCUT2D eigenvalue weighted by Gasteiger charge is 2.15. The second-order valence-electron chi connectivity index (χ2n) is 4.12. The summed E-state index contributed by atoms with van der Waals surface area (Å²) in [4.78, 5) is 4.12. The van der Waals surface area contributed by atoms with E-state index in [1.54, 1.807) is 13.3 Å². The van der Waals surface area contributed by atoms with Crippen LogP contribution in [0.15, 0.2) is 23.2 Å². The minimum atomic E-state index is -3.54. The molecule has 0 aliphatic heterocycles. The maximum absolute atomic E-state index is 12.0. The highest BCUT2D eigenvalue weighted by molar-refractivity contribution is 7.89. The molecule has 2 N–H and O–H groups in total. The predicted molar refractivity (Wildman–Crippen MR) is 77.1 cm³/mol. The molecule has 0 aromatic carbocycles. The Morgan fingerprint density at radius 1 is 1.47 bits per heavy atom. The van der Waals surface area contributed by atoms with Crippen LogP contribution < -0.4 is 10.0 Å². The van der Waals surface area contributed by atoms with Gasteiger partial charge >= 0.3 is 0 Å². The molecule has 1 aromatic heterocycles. The first kappa shape index (κ1) is 16.1. The van der Waals surface area contributed by atoms with Crippen molar-refractivity contribution in [2.24, 2.45) is 0 Å². The Balaban J connectivity index is 2.68. The van der Waals surface area contributed by atoms with E-state index >= 15 is 0 Å². The van der Waals surface area contributed by atoms with Crippen molar-refractivity contribution < 1.29 is 12.6 Å². The summed E-state index contributed by atoms with van der Waals surface area (Å²) in [6, 6.07) is 2.90. The molecule has 1 rings (SSSR count). The largest absolute Gasteiger partial charge is 0.373 e. The molecular formula is C11H19N3O3S2. The topological polar surface area (TPSA) is 88.2 Å². The van der Waals surface area contributed by atoms with Crippen molar-refractivity contribution in [2.45, 2.75) is 23.5 Å². The van der Waals surface area contributed by atoms with Crippen molar-refractivity contribution in [3.63, 3.8) is 0 Å². The average molecular weight is 305 g/mol. The lowest BCUT2D eigenvalue weighted by Gasteiger charge is -2.10. The first-order valence-electron chi connectivity index (χ1n) is 5.82.